The van der Waals surface area contributed by atoms with Gasteiger partial charge in [-0.2, -0.15) is 9.78 Å². The number of benzene rings is 1. The smallest absolute Gasteiger partial charge is 0.276 e. The van der Waals surface area contributed by atoms with Crippen molar-refractivity contribution < 1.29 is 5.11 Å². The standard InChI is InChI=1S/C22H29N3O2/c1-15-21(24-18-8-12-20(26)13-9-18)14-23-25(22(15)27)19-10-6-17(7-11-19)16-4-2-3-5-16/h6-7,10-11,14,16,18,20,24,26H,2-5,8-9,12-13H2,1H3. The van der Waals surface area contributed by atoms with Crippen LogP contribution < -0.4 is 10.9 Å². The topological polar surface area (TPSA) is 67.2 Å². The summed E-state index contributed by atoms with van der Waals surface area (Å²) in [4.78, 5) is 12.8. The normalized spacial score (nSPS) is 23.5. The molecule has 0 saturated heterocycles. The van der Waals surface area contributed by atoms with Crippen LogP contribution in [0.5, 0.6) is 0 Å². The predicted octanol–water partition coefficient (Wildman–Crippen LogP) is 3.91. The van der Waals surface area contributed by atoms with Crippen LogP contribution in [-0.4, -0.2) is 27.0 Å². The molecule has 0 unspecified atom stereocenters. The molecule has 2 aliphatic rings. The van der Waals surface area contributed by atoms with Gasteiger partial charge in [-0.15, -0.1) is 0 Å². The lowest BCUT2D eigenvalue weighted by Crippen LogP contribution is -2.31. The van der Waals surface area contributed by atoms with Gasteiger partial charge in [0, 0.05) is 11.6 Å². The van der Waals surface area contributed by atoms with Crippen LogP contribution in [0, 0.1) is 6.92 Å². The monoisotopic (exact) mass is 367 g/mol. The molecule has 144 valence electrons. The van der Waals surface area contributed by atoms with Crippen LogP contribution >= 0.6 is 0 Å². The van der Waals surface area contributed by atoms with Gasteiger partial charge in [-0.1, -0.05) is 25.0 Å². The molecular weight excluding hydrogens is 338 g/mol. The Bertz CT molecular complexity index is 830. The lowest BCUT2D eigenvalue weighted by Gasteiger charge is -2.27. The second-order valence-corrected chi connectivity index (χ2v) is 8.12. The minimum Gasteiger partial charge on any atom is -0.393 e. The summed E-state index contributed by atoms with van der Waals surface area (Å²) in [5.74, 6) is 0.672. The van der Waals surface area contributed by atoms with Crippen molar-refractivity contribution >= 4 is 5.69 Å². The maximum atomic E-state index is 12.8. The van der Waals surface area contributed by atoms with Crippen molar-refractivity contribution in [3.63, 3.8) is 0 Å². The molecule has 4 rings (SSSR count). The van der Waals surface area contributed by atoms with E-state index in [1.165, 1.54) is 35.9 Å². The van der Waals surface area contributed by atoms with E-state index in [1.54, 1.807) is 6.20 Å². The molecule has 2 aromatic rings. The molecule has 1 heterocycles. The largest absolute Gasteiger partial charge is 0.393 e. The fraction of sp³-hybridized carbons (Fsp3) is 0.545. The number of anilines is 1. The fourth-order valence-corrected chi connectivity index (χ4v) is 4.46. The first-order valence-corrected chi connectivity index (χ1v) is 10.3. The fourth-order valence-electron chi connectivity index (χ4n) is 4.46. The molecule has 2 fully saturated rings. The summed E-state index contributed by atoms with van der Waals surface area (Å²) in [5, 5.41) is 17.5. The van der Waals surface area contributed by atoms with E-state index in [4.69, 9.17) is 0 Å². The minimum atomic E-state index is -0.178. The van der Waals surface area contributed by atoms with Crippen molar-refractivity contribution in [2.75, 3.05) is 5.32 Å². The van der Waals surface area contributed by atoms with Gasteiger partial charge in [-0.3, -0.25) is 4.79 Å². The van der Waals surface area contributed by atoms with E-state index in [0.29, 0.717) is 17.5 Å². The molecule has 1 aromatic carbocycles. The van der Waals surface area contributed by atoms with Gasteiger partial charge >= 0.3 is 0 Å². The number of aromatic nitrogens is 2. The lowest BCUT2D eigenvalue weighted by molar-refractivity contribution is 0.126. The Hall–Kier alpha value is -2.14. The van der Waals surface area contributed by atoms with Crippen LogP contribution in [0.1, 0.15) is 68.4 Å². The molecule has 27 heavy (non-hydrogen) atoms. The molecule has 5 heteroatoms. The quantitative estimate of drug-likeness (QED) is 0.860. The molecule has 2 N–H and O–H groups in total. The van der Waals surface area contributed by atoms with Gasteiger partial charge in [0.1, 0.15) is 0 Å². The summed E-state index contributed by atoms with van der Waals surface area (Å²) in [7, 11) is 0. The Labute approximate surface area is 160 Å². The number of hydrogen-bond acceptors (Lipinski definition) is 4. The molecule has 0 radical (unpaired) electrons. The van der Waals surface area contributed by atoms with E-state index in [9.17, 15) is 9.90 Å². The average Bonchev–Trinajstić information content (AvgIpc) is 3.22. The van der Waals surface area contributed by atoms with E-state index >= 15 is 0 Å². The first kappa shape index (κ1) is 18.2. The number of rotatable bonds is 4. The summed E-state index contributed by atoms with van der Waals surface area (Å²) in [6, 6.07) is 8.62. The number of nitrogens with one attached hydrogen (secondary N) is 1. The zero-order chi connectivity index (χ0) is 18.8. The molecule has 0 atom stereocenters. The van der Waals surface area contributed by atoms with Crippen molar-refractivity contribution in [1.29, 1.82) is 0 Å². The average molecular weight is 367 g/mol. The predicted molar refractivity (Wildman–Crippen MR) is 108 cm³/mol. The third-order valence-electron chi connectivity index (χ3n) is 6.24. The van der Waals surface area contributed by atoms with Crippen LogP contribution in [-0.2, 0) is 0 Å². The van der Waals surface area contributed by atoms with Crippen molar-refractivity contribution in [2.24, 2.45) is 0 Å². The molecule has 0 amide bonds. The minimum absolute atomic E-state index is 0.0792. The summed E-state index contributed by atoms with van der Waals surface area (Å²) in [5.41, 5.74) is 3.61. The second kappa shape index (κ2) is 7.85. The van der Waals surface area contributed by atoms with Crippen molar-refractivity contribution in [3.8, 4) is 5.69 Å². The van der Waals surface area contributed by atoms with Gasteiger partial charge < -0.3 is 10.4 Å². The Morgan fingerprint density at radius 3 is 2.37 bits per heavy atom. The Balaban J connectivity index is 1.52. The van der Waals surface area contributed by atoms with Crippen LogP contribution in [0.15, 0.2) is 35.3 Å². The summed E-state index contributed by atoms with van der Waals surface area (Å²) in [6.07, 6.45) is 10.2. The molecule has 5 nitrogen and oxygen atoms in total. The Kier molecular flexibility index (Phi) is 5.30. The summed E-state index contributed by atoms with van der Waals surface area (Å²) >= 11 is 0. The maximum Gasteiger partial charge on any atom is 0.276 e. The Morgan fingerprint density at radius 1 is 1.04 bits per heavy atom. The van der Waals surface area contributed by atoms with Crippen LogP contribution in [0.2, 0.25) is 0 Å². The van der Waals surface area contributed by atoms with Crippen LogP contribution in [0.4, 0.5) is 5.69 Å². The molecule has 2 aliphatic carbocycles. The van der Waals surface area contributed by atoms with Gasteiger partial charge in [-0.25, -0.2) is 0 Å². The highest BCUT2D eigenvalue weighted by atomic mass is 16.3. The molecule has 0 bridgehead atoms. The molecule has 0 spiro atoms. The van der Waals surface area contributed by atoms with E-state index in [2.05, 4.69) is 22.5 Å². The summed E-state index contributed by atoms with van der Waals surface area (Å²) in [6.45, 7) is 1.85. The van der Waals surface area contributed by atoms with Crippen LogP contribution in [0.3, 0.4) is 0 Å². The van der Waals surface area contributed by atoms with Crippen molar-refractivity contribution in [3.05, 3.63) is 51.9 Å². The van der Waals surface area contributed by atoms with Crippen molar-refractivity contribution in [1.82, 2.24) is 9.78 Å². The number of hydrogen-bond donors (Lipinski definition) is 2. The van der Waals surface area contributed by atoms with Gasteiger partial charge in [0.2, 0.25) is 0 Å². The molecule has 2 saturated carbocycles. The van der Waals surface area contributed by atoms with Gasteiger partial charge in [0.15, 0.2) is 0 Å². The number of aliphatic hydroxyl groups excluding tert-OH is 1. The Morgan fingerprint density at radius 2 is 1.70 bits per heavy atom. The zero-order valence-electron chi connectivity index (χ0n) is 16.0. The lowest BCUT2D eigenvalue weighted by atomic mass is 9.93. The van der Waals surface area contributed by atoms with E-state index in [0.717, 1.165) is 37.1 Å². The van der Waals surface area contributed by atoms with Crippen molar-refractivity contribution in [2.45, 2.75) is 76.4 Å². The van der Waals surface area contributed by atoms with Crippen LogP contribution in [0.25, 0.3) is 5.69 Å². The third-order valence-corrected chi connectivity index (χ3v) is 6.24. The highest BCUT2D eigenvalue weighted by Gasteiger charge is 2.21. The number of nitrogens with zero attached hydrogens (tertiary/aromatic N) is 2. The molecular formula is C22H29N3O2. The molecule has 0 aliphatic heterocycles. The first-order chi connectivity index (χ1) is 13.1. The SMILES string of the molecule is Cc1c(NC2CCC(O)CC2)cnn(-c2ccc(C3CCCC3)cc2)c1=O. The number of aliphatic hydroxyl groups is 1. The van der Waals surface area contributed by atoms with E-state index in [-0.39, 0.29) is 11.7 Å². The highest BCUT2D eigenvalue weighted by molar-refractivity contribution is 5.49. The maximum absolute atomic E-state index is 12.8. The zero-order valence-corrected chi connectivity index (χ0v) is 16.0. The third kappa shape index (κ3) is 3.93. The first-order valence-electron chi connectivity index (χ1n) is 10.3. The van der Waals surface area contributed by atoms with Gasteiger partial charge in [-0.05, 0) is 69.1 Å². The second-order valence-electron chi connectivity index (χ2n) is 8.12. The van der Waals surface area contributed by atoms with E-state index in [1.807, 2.05) is 19.1 Å². The summed E-state index contributed by atoms with van der Waals surface area (Å²) < 4.78 is 1.49. The van der Waals surface area contributed by atoms with E-state index < -0.39 is 0 Å². The van der Waals surface area contributed by atoms with Gasteiger partial charge in [0.05, 0.1) is 23.7 Å². The highest BCUT2D eigenvalue weighted by Crippen LogP contribution is 2.34. The molecule has 1 aromatic heterocycles. The van der Waals surface area contributed by atoms with Gasteiger partial charge in [0.25, 0.3) is 5.56 Å².